The zero-order valence-corrected chi connectivity index (χ0v) is 19.8. The molecular formula is C21H28F3N5O5S. The van der Waals surface area contributed by atoms with Gasteiger partial charge in [-0.15, -0.1) is 0 Å². The molecule has 0 aliphatic carbocycles. The molecule has 1 aromatic heterocycles. The maximum Gasteiger partial charge on any atom is 0.319 e. The molecule has 2 aromatic rings. The lowest BCUT2D eigenvalue weighted by atomic mass is 10.1. The van der Waals surface area contributed by atoms with E-state index in [9.17, 15) is 22.8 Å². The second-order valence-corrected chi connectivity index (χ2v) is 8.22. The molecule has 1 heterocycles. The Morgan fingerprint density at radius 3 is 2.43 bits per heavy atom. The Bertz CT molecular complexity index is 1000. The standard InChI is InChI=1S/C21H28F3N5O5S/c1-12(15-13(22)4-5-14(23)17(15)24)34-19-16(18(25)32)20(35-28-19)27-21(33)26-6-2-3-7-29(8-10-30)9-11-31/h4-5,12,30-31H,2-3,6-11H2,1H3,(H2,25,32)(H2,26,27,33). The third-order valence-electron chi connectivity index (χ3n) is 4.93. The number of aliphatic hydroxyl groups excluding tert-OH is 2. The number of primary amides is 1. The number of ether oxygens (including phenoxy) is 1. The van der Waals surface area contributed by atoms with Crippen LogP contribution in [0.3, 0.4) is 0 Å². The monoisotopic (exact) mass is 519 g/mol. The summed E-state index contributed by atoms with van der Waals surface area (Å²) in [5.41, 5.74) is 4.40. The van der Waals surface area contributed by atoms with Crippen LogP contribution in [0, 0.1) is 17.5 Å². The van der Waals surface area contributed by atoms with Gasteiger partial charge in [0.25, 0.3) is 5.91 Å². The quantitative estimate of drug-likeness (QED) is 0.189. The first-order valence-corrected chi connectivity index (χ1v) is 11.5. The molecule has 6 N–H and O–H groups in total. The molecule has 0 aliphatic rings. The van der Waals surface area contributed by atoms with Gasteiger partial charge in [-0.2, -0.15) is 4.37 Å². The fourth-order valence-electron chi connectivity index (χ4n) is 3.23. The number of unbranched alkanes of at least 4 members (excludes halogenated alkanes) is 1. The van der Waals surface area contributed by atoms with E-state index in [4.69, 9.17) is 20.7 Å². The predicted octanol–water partition coefficient (Wildman–Crippen LogP) is 1.99. The van der Waals surface area contributed by atoms with Crippen molar-refractivity contribution in [2.24, 2.45) is 5.73 Å². The first kappa shape index (κ1) is 28.3. The van der Waals surface area contributed by atoms with Gasteiger partial charge in [0.2, 0.25) is 5.88 Å². The molecule has 14 heteroatoms. The van der Waals surface area contributed by atoms with Gasteiger partial charge in [0.15, 0.2) is 11.6 Å². The van der Waals surface area contributed by atoms with Crippen molar-refractivity contribution in [3.05, 3.63) is 40.7 Å². The number of carbonyl (C=O) groups is 2. The minimum Gasteiger partial charge on any atom is -0.468 e. The van der Waals surface area contributed by atoms with Gasteiger partial charge in [-0.3, -0.25) is 15.0 Å². The number of hydrogen-bond donors (Lipinski definition) is 5. The highest BCUT2D eigenvalue weighted by Gasteiger charge is 2.27. The third kappa shape index (κ3) is 8.06. The van der Waals surface area contributed by atoms with E-state index in [1.165, 1.54) is 6.92 Å². The van der Waals surface area contributed by atoms with Crippen LogP contribution >= 0.6 is 11.5 Å². The van der Waals surface area contributed by atoms with Gasteiger partial charge in [0, 0.05) is 19.6 Å². The molecule has 1 unspecified atom stereocenters. The van der Waals surface area contributed by atoms with Crippen LogP contribution < -0.4 is 21.1 Å². The third-order valence-corrected chi connectivity index (χ3v) is 5.67. The average molecular weight is 520 g/mol. The number of amides is 3. The van der Waals surface area contributed by atoms with E-state index in [1.54, 1.807) is 0 Å². The highest BCUT2D eigenvalue weighted by molar-refractivity contribution is 7.11. The van der Waals surface area contributed by atoms with Gasteiger partial charge in [0.05, 0.1) is 18.8 Å². The molecule has 3 amide bonds. The minimum atomic E-state index is -1.43. The largest absolute Gasteiger partial charge is 0.468 e. The van der Waals surface area contributed by atoms with E-state index in [1.807, 2.05) is 4.90 Å². The SMILES string of the molecule is CC(Oc1nsc(NC(=O)NCCCCN(CCO)CCO)c1C(N)=O)c1c(F)ccc(F)c1F. The van der Waals surface area contributed by atoms with Crippen LogP contribution in [0.4, 0.5) is 23.0 Å². The summed E-state index contributed by atoms with van der Waals surface area (Å²) in [6.45, 7) is 3.03. The molecule has 35 heavy (non-hydrogen) atoms. The normalized spacial score (nSPS) is 12.0. The Morgan fingerprint density at radius 1 is 1.14 bits per heavy atom. The Morgan fingerprint density at radius 2 is 1.80 bits per heavy atom. The maximum atomic E-state index is 14.1. The summed E-state index contributed by atoms with van der Waals surface area (Å²) in [4.78, 5) is 26.1. The zero-order chi connectivity index (χ0) is 26.0. The number of hydrogen-bond acceptors (Lipinski definition) is 8. The van der Waals surface area contributed by atoms with Crippen molar-refractivity contribution in [1.29, 1.82) is 0 Å². The number of aliphatic hydroxyl groups is 2. The van der Waals surface area contributed by atoms with Gasteiger partial charge in [0.1, 0.15) is 22.5 Å². The fourth-order valence-corrected chi connectivity index (χ4v) is 3.95. The number of nitrogens with one attached hydrogen (secondary N) is 2. The van der Waals surface area contributed by atoms with E-state index < -0.39 is 41.1 Å². The minimum absolute atomic E-state index is 0.0195. The Kier molecular flexibility index (Phi) is 11.2. The molecule has 0 saturated carbocycles. The van der Waals surface area contributed by atoms with Crippen LogP contribution in [-0.4, -0.2) is 70.8 Å². The summed E-state index contributed by atoms with van der Waals surface area (Å²) in [6.07, 6.45) is -0.0389. The Hall–Kier alpha value is -2.94. The van der Waals surface area contributed by atoms with Crippen LogP contribution in [0.5, 0.6) is 5.88 Å². The van der Waals surface area contributed by atoms with Crippen molar-refractivity contribution >= 4 is 28.5 Å². The number of halogens is 3. The van der Waals surface area contributed by atoms with E-state index in [2.05, 4.69) is 15.0 Å². The number of nitrogens with two attached hydrogens (primary N) is 1. The highest BCUT2D eigenvalue weighted by atomic mass is 32.1. The number of aromatic nitrogens is 1. The lowest BCUT2D eigenvalue weighted by Gasteiger charge is -2.19. The second-order valence-electron chi connectivity index (χ2n) is 7.45. The topological polar surface area (TPSA) is 150 Å². The van der Waals surface area contributed by atoms with Gasteiger partial charge >= 0.3 is 6.03 Å². The van der Waals surface area contributed by atoms with Crippen LogP contribution in [0.1, 0.15) is 41.8 Å². The first-order chi connectivity index (χ1) is 16.7. The Balaban J connectivity index is 1.96. The van der Waals surface area contributed by atoms with Crippen molar-refractivity contribution in [2.75, 3.05) is 44.7 Å². The van der Waals surface area contributed by atoms with Gasteiger partial charge in [-0.05, 0) is 50.0 Å². The molecule has 2 rings (SSSR count). The summed E-state index contributed by atoms with van der Waals surface area (Å²) in [5, 5.41) is 23.0. The number of carbonyl (C=O) groups excluding carboxylic acids is 2. The highest BCUT2D eigenvalue weighted by Crippen LogP contribution is 2.34. The molecule has 0 spiro atoms. The Labute approximate surface area is 204 Å². The van der Waals surface area contributed by atoms with Gasteiger partial charge in [-0.25, -0.2) is 18.0 Å². The number of rotatable bonds is 14. The number of benzene rings is 1. The van der Waals surface area contributed by atoms with Crippen molar-refractivity contribution in [3.63, 3.8) is 0 Å². The van der Waals surface area contributed by atoms with E-state index in [-0.39, 0.29) is 29.7 Å². The average Bonchev–Trinajstić information content (AvgIpc) is 3.18. The molecule has 194 valence electrons. The molecule has 1 atom stereocenters. The van der Waals surface area contributed by atoms with Crippen LogP contribution in [0.15, 0.2) is 12.1 Å². The van der Waals surface area contributed by atoms with Crippen molar-refractivity contribution in [2.45, 2.75) is 25.9 Å². The smallest absolute Gasteiger partial charge is 0.319 e. The van der Waals surface area contributed by atoms with Crippen LogP contribution in [0.2, 0.25) is 0 Å². The van der Waals surface area contributed by atoms with Crippen molar-refractivity contribution < 1.29 is 37.7 Å². The van der Waals surface area contributed by atoms with Crippen LogP contribution in [0.25, 0.3) is 0 Å². The number of anilines is 1. The summed E-state index contributed by atoms with van der Waals surface area (Å²) >= 11 is 0.677. The van der Waals surface area contributed by atoms with E-state index >= 15 is 0 Å². The molecular weight excluding hydrogens is 491 g/mol. The molecule has 1 aromatic carbocycles. The van der Waals surface area contributed by atoms with E-state index in [0.717, 1.165) is 6.07 Å². The summed E-state index contributed by atoms with van der Waals surface area (Å²) in [6, 6.07) is 0.748. The predicted molar refractivity (Wildman–Crippen MR) is 123 cm³/mol. The van der Waals surface area contributed by atoms with Gasteiger partial charge in [-0.1, -0.05) is 0 Å². The zero-order valence-electron chi connectivity index (χ0n) is 19.0. The molecule has 0 fully saturated rings. The lowest BCUT2D eigenvalue weighted by Crippen LogP contribution is -2.32. The number of urea groups is 1. The summed E-state index contributed by atoms with van der Waals surface area (Å²) < 4.78 is 50.9. The van der Waals surface area contributed by atoms with E-state index in [0.29, 0.717) is 56.6 Å². The molecule has 0 radical (unpaired) electrons. The van der Waals surface area contributed by atoms with Crippen molar-refractivity contribution in [1.82, 2.24) is 14.6 Å². The maximum absolute atomic E-state index is 14.1. The first-order valence-electron chi connectivity index (χ1n) is 10.8. The molecule has 0 bridgehead atoms. The summed E-state index contributed by atoms with van der Waals surface area (Å²) in [5.74, 6) is -5.09. The lowest BCUT2D eigenvalue weighted by molar-refractivity contribution is 0.0994. The van der Waals surface area contributed by atoms with Crippen molar-refractivity contribution in [3.8, 4) is 5.88 Å². The second kappa shape index (κ2) is 13.8. The molecule has 0 aliphatic heterocycles. The molecule has 0 saturated heterocycles. The fraction of sp³-hybridized carbons (Fsp3) is 0.476. The summed E-state index contributed by atoms with van der Waals surface area (Å²) in [7, 11) is 0. The van der Waals surface area contributed by atoms with Gasteiger partial charge < -0.3 is 26.0 Å². The number of nitrogens with zero attached hydrogens (tertiary/aromatic N) is 2. The van der Waals surface area contributed by atoms with Crippen LogP contribution in [-0.2, 0) is 0 Å². The molecule has 10 nitrogen and oxygen atoms in total.